The Morgan fingerprint density at radius 2 is 1.63 bits per heavy atom. The van der Waals surface area contributed by atoms with Crippen LogP contribution in [0.3, 0.4) is 0 Å². The molecule has 240 valence electrons. The third-order valence-electron chi connectivity index (χ3n) is 7.42. The van der Waals surface area contributed by atoms with Crippen LogP contribution in [0, 0.1) is 22.9 Å². The zero-order valence-corrected chi connectivity index (χ0v) is 26.2. The smallest absolute Gasteiger partial charge is 0.273 e. The molecule has 0 aliphatic carbocycles. The molecule has 0 saturated heterocycles. The van der Waals surface area contributed by atoms with Gasteiger partial charge in [0.15, 0.2) is 0 Å². The van der Waals surface area contributed by atoms with Gasteiger partial charge in [-0.1, -0.05) is 54.6 Å². The van der Waals surface area contributed by atoms with E-state index >= 15 is 0 Å². The number of carbonyl (C=O) groups excluding carboxylic acids is 2. The summed E-state index contributed by atoms with van der Waals surface area (Å²) in [7, 11) is -1.76. The lowest BCUT2D eigenvalue weighted by Gasteiger charge is -2.33. The van der Waals surface area contributed by atoms with Gasteiger partial charge in [-0.15, -0.1) is 0 Å². The van der Waals surface area contributed by atoms with Gasteiger partial charge in [0.25, 0.3) is 15.7 Å². The standard InChI is InChI=1S/C33H33FN4O7S/c1-23-13-18-28(20-30(23)38(41)42)46(43,44)37(26-14-16-27(45-3)17-15-26)22-32(39)36(21-25-11-7-8-12-29(25)34)31(33(40)35-2)19-24-9-5-4-6-10-24/h4-18,20,31H,19,21-22H2,1-3H3,(H,35,40). The van der Waals surface area contributed by atoms with Gasteiger partial charge in [-0.25, -0.2) is 12.8 Å². The van der Waals surface area contributed by atoms with Crippen LogP contribution in [0.25, 0.3) is 0 Å². The van der Waals surface area contributed by atoms with Crippen LogP contribution in [0.15, 0.2) is 102 Å². The molecule has 0 radical (unpaired) electrons. The minimum absolute atomic E-state index is 0.0557. The minimum Gasteiger partial charge on any atom is -0.497 e. The van der Waals surface area contributed by atoms with Crippen LogP contribution >= 0.6 is 0 Å². The van der Waals surface area contributed by atoms with E-state index in [0.29, 0.717) is 11.3 Å². The Bertz CT molecular complexity index is 1820. The predicted octanol–water partition coefficient (Wildman–Crippen LogP) is 4.63. The summed E-state index contributed by atoms with van der Waals surface area (Å²) < 4.78 is 49.2. The molecule has 0 heterocycles. The first-order valence-corrected chi connectivity index (χ1v) is 15.6. The molecule has 0 spiro atoms. The van der Waals surface area contributed by atoms with Crippen molar-refractivity contribution in [3.63, 3.8) is 0 Å². The van der Waals surface area contributed by atoms with E-state index in [2.05, 4.69) is 5.32 Å². The molecule has 11 nitrogen and oxygen atoms in total. The number of methoxy groups -OCH3 is 1. The molecule has 0 fully saturated rings. The van der Waals surface area contributed by atoms with Gasteiger partial charge in [-0.05, 0) is 48.9 Å². The van der Waals surface area contributed by atoms with Crippen LogP contribution in [0.2, 0.25) is 0 Å². The van der Waals surface area contributed by atoms with Gasteiger partial charge in [-0.2, -0.15) is 0 Å². The van der Waals surface area contributed by atoms with Gasteiger partial charge in [0, 0.05) is 37.2 Å². The zero-order valence-electron chi connectivity index (χ0n) is 25.4. The highest BCUT2D eigenvalue weighted by Gasteiger charge is 2.35. The first-order chi connectivity index (χ1) is 22.0. The van der Waals surface area contributed by atoms with Crippen LogP contribution in [-0.2, 0) is 32.6 Å². The second-order valence-corrected chi connectivity index (χ2v) is 12.2. The molecule has 0 aliphatic heterocycles. The lowest BCUT2D eigenvalue weighted by Crippen LogP contribution is -2.53. The summed E-state index contributed by atoms with van der Waals surface area (Å²) in [5.41, 5.74) is 0.731. The van der Waals surface area contributed by atoms with Crippen molar-refractivity contribution in [2.24, 2.45) is 0 Å². The predicted molar refractivity (Wildman–Crippen MR) is 170 cm³/mol. The molecule has 0 bridgehead atoms. The fraction of sp³-hybridized carbons (Fsp3) is 0.212. The molecule has 1 N–H and O–H groups in total. The number of rotatable bonds is 13. The van der Waals surface area contributed by atoms with Crippen molar-refractivity contribution in [3.05, 3.63) is 130 Å². The Morgan fingerprint density at radius 1 is 0.978 bits per heavy atom. The molecule has 46 heavy (non-hydrogen) atoms. The third-order valence-corrected chi connectivity index (χ3v) is 9.19. The molecular formula is C33H33FN4O7S. The van der Waals surface area contributed by atoms with Crippen molar-refractivity contribution in [1.82, 2.24) is 10.2 Å². The van der Waals surface area contributed by atoms with Gasteiger partial charge in [0.1, 0.15) is 24.2 Å². The molecule has 0 aliphatic rings. The van der Waals surface area contributed by atoms with Gasteiger partial charge in [0.2, 0.25) is 11.8 Å². The molecular weight excluding hydrogens is 615 g/mol. The normalized spacial score (nSPS) is 11.7. The maximum atomic E-state index is 14.9. The number of likely N-dealkylation sites (N-methyl/N-ethyl adjacent to an activating group) is 1. The number of hydrogen-bond donors (Lipinski definition) is 1. The maximum absolute atomic E-state index is 14.9. The molecule has 1 atom stereocenters. The number of nitrogens with one attached hydrogen (secondary N) is 1. The summed E-state index contributed by atoms with van der Waals surface area (Å²) in [4.78, 5) is 39.3. The first-order valence-electron chi connectivity index (χ1n) is 14.2. The molecule has 0 aromatic heterocycles. The van der Waals surface area contributed by atoms with Gasteiger partial charge < -0.3 is 15.0 Å². The highest BCUT2D eigenvalue weighted by molar-refractivity contribution is 7.92. The largest absolute Gasteiger partial charge is 0.497 e. The highest BCUT2D eigenvalue weighted by Crippen LogP contribution is 2.30. The van der Waals surface area contributed by atoms with E-state index in [0.717, 1.165) is 15.3 Å². The number of benzene rings is 4. The van der Waals surface area contributed by atoms with Crippen LogP contribution in [0.4, 0.5) is 15.8 Å². The summed E-state index contributed by atoms with van der Waals surface area (Å²) in [6.45, 7) is 0.321. The third kappa shape index (κ3) is 7.67. The van der Waals surface area contributed by atoms with Crippen molar-refractivity contribution in [2.45, 2.75) is 30.8 Å². The molecule has 4 aromatic carbocycles. The van der Waals surface area contributed by atoms with E-state index in [4.69, 9.17) is 4.74 Å². The number of ether oxygens (including phenoxy) is 1. The lowest BCUT2D eigenvalue weighted by atomic mass is 10.0. The summed E-state index contributed by atoms with van der Waals surface area (Å²) in [5, 5.41) is 14.2. The second-order valence-electron chi connectivity index (χ2n) is 10.3. The summed E-state index contributed by atoms with van der Waals surface area (Å²) >= 11 is 0. The number of amides is 2. The Balaban J connectivity index is 1.83. The number of aryl methyl sites for hydroxylation is 1. The minimum atomic E-state index is -4.60. The lowest BCUT2D eigenvalue weighted by molar-refractivity contribution is -0.385. The van der Waals surface area contributed by atoms with Crippen LogP contribution in [0.5, 0.6) is 5.75 Å². The number of nitro groups is 1. The van der Waals surface area contributed by atoms with Gasteiger partial charge in [0.05, 0.1) is 22.6 Å². The maximum Gasteiger partial charge on any atom is 0.273 e. The van der Waals surface area contributed by atoms with E-state index in [1.807, 2.05) is 0 Å². The topological polar surface area (TPSA) is 139 Å². The fourth-order valence-electron chi connectivity index (χ4n) is 4.88. The molecule has 13 heteroatoms. The van der Waals surface area contributed by atoms with Crippen molar-refractivity contribution < 1.29 is 32.1 Å². The molecule has 1 unspecified atom stereocenters. The quantitative estimate of drug-likeness (QED) is 0.165. The van der Waals surface area contributed by atoms with E-state index < -0.39 is 55.7 Å². The summed E-state index contributed by atoms with van der Waals surface area (Å²) in [6, 6.07) is 22.8. The number of anilines is 1. The number of nitro benzene ring substituents is 1. The van der Waals surface area contributed by atoms with Crippen molar-refractivity contribution >= 4 is 33.2 Å². The van der Waals surface area contributed by atoms with E-state index in [9.17, 15) is 32.5 Å². The monoisotopic (exact) mass is 648 g/mol. The van der Waals surface area contributed by atoms with Crippen LogP contribution in [-0.4, -0.2) is 56.8 Å². The molecule has 4 rings (SSSR count). The van der Waals surface area contributed by atoms with E-state index in [1.165, 1.54) is 75.7 Å². The fourth-order valence-corrected chi connectivity index (χ4v) is 6.32. The number of nitrogens with zero attached hydrogens (tertiary/aromatic N) is 3. The Hall–Kier alpha value is -5.30. The SMILES string of the molecule is CNC(=O)C(Cc1ccccc1)N(Cc1ccccc1F)C(=O)CN(c1ccc(OC)cc1)S(=O)(=O)c1ccc(C)c([N+](=O)[O-])c1. The van der Waals surface area contributed by atoms with Crippen molar-refractivity contribution in [1.29, 1.82) is 0 Å². The first kappa shape index (κ1) is 33.6. The summed E-state index contributed by atoms with van der Waals surface area (Å²) in [6.07, 6.45) is 0.0557. The number of sulfonamides is 1. The average Bonchev–Trinajstić information content (AvgIpc) is 3.06. The molecule has 0 saturated carbocycles. The Morgan fingerprint density at radius 3 is 2.24 bits per heavy atom. The van der Waals surface area contributed by atoms with Crippen molar-refractivity contribution in [3.8, 4) is 5.75 Å². The zero-order chi connectivity index (χ0) is 33.4. The second kappa shape index (κ2) is 14.7. The Labute approximate surface area is 266 Å². The average molecular weight is 649 g/mol. The van der Waals surface area contributed by atoms with Gasteiger partial charge >= 0.3 is 0 Å². The molecule has 4 aromatic rings. The van der Waals surface area contributed by atoms with Gasteiger partial charge in [-0.3, -0.25) is 24.0 Å². The van der Waals surface area contributed by atoms with E-state index in [-0.39, 0.29) is 29.8 Å². The molecule has 2 amide bonds. The number of carbonyl (C=O) groups is 2. The van der Waals surface area contributed by atoms with Crippen molar-refractivity contribution in [2.75, 3.05) is 25.0 Å². The Kier molecular flexibility index (Phi) is 10.7. The summed E-state index contributed by atoms with van der Waals surface area (Å²) in [5.74, 6) is -1.54. The highest BCUT2D eigenvalue weighted by atomic mass is 32.2. The van der Waals surface area contributed by atoms with E-state index in [1.54, 1.807) is 36.4 Å². The number of hydrogen-bond acceptors (Lipinski definition) is 7. The number of halogens is 1. The van der Waals surface area contributed by atoms with Crippen LogP contribution in [0.1, 0.15) is 16.7 Å². The van der Waals surface area contributed by atoms with Crippen LogP contribution < -0.4 is 14.4 Å².